The Morgan fingerprint density at radius 1 is 0.730 bits per heavy atom. The van der Waals surface area contributed by atoms with Gasteiger partial charge in [0.1, 0.15) is 5.82 Å². The number of aryl methyl sites for hydroxylation is 1. The Kier molecular flexibility index (Phi) is 6.89. The summed E-state index contributed by atoms with van der Waals surface area (Å²) in [6, 6.07) is 22.6. The van der Waals surface area contributed by atoms with Crippen LogP contribution in [0.5, 0.6) is 0 Å². The van der Waals surface area contributed by atoms with Crippen molar-refractivity contribution in [1.82, 2.24) is 9.97 Å². The van der Waals surface area contributed by atoms with Gasteiger partial charge in [0.05, 0.1) is 21.1 Å². The van der Waals surface area contributed by atoms with E-state index in [-0.39, 0.29) is 11.8 Å². The molecule has 6 nitrogen and oxygen atoms in total. The van der Waals surface area contributed by atoms with Crippen molar-refractivity contribution >= 4 is 69.0 Å². The van der Waals surface area contributed by atoms with Gasteiger partial charge in [-0.25, -0.2) is 4.98 Å². The molecule has 0 fully saturated rings. The minimum Gasteiger partial charge on any atom is -0.338 e. The van der Waals surface area contributed by atoms with Gasteiger partial charge in [-0.15, -0.1) is 0 Å². The molecule has 184 valence electrons. The first-order valence-electron chi connectivity index (χ1n) is 11.2. The van der Waals surface area contributed by atoms with Gasteiger partial charge in [0.25, 0.3) is 11.8 Å². The lowest BCUT2D eigenvalue weighted by atomic mass is 10.1. The number of anilines is 2. The van der Waals surface area contributed by atoms with Crippen LogP contribution in [0.3, 0.4) is 0 Å². The maximum atomic E-state index is 12.7. The Hall–Kier alpha value is -3.84. The molecule has 0 aliphatic heterocycles. The summed E-state index contributed by atoms with van der Waals surface area (Å²) in [5.41, 5.74) is 5.24. The summed E-state index contributed by atoms with van der Waals surface area (Å²) in [6.07, 6.45) is 0. The summed E-state index contributed by atoms with van der Waals surface area (Å²) >= 11 is 18.0. The number of aromatic nitrogens is 2. The van der Waals surface area contributed by atoms with Crippen LogP contribution in [0.15, 0.2) is 78.9 Å². The average Bonchev–Trinajstić information content (AvgIpc) is 3.31. The number of aromatic amines is 1. The summed E-state index contributed by atoms with van der Waals surface area (Å²) in [5.74, 6) is 0.0854. The first-order valence-corrected chi connectivity index (χ1v) is 12.3. The zero-order valence-electron chi connectivity index (χ0n) is 19.4. The highest BCUT2D eigenvalue weighted by atomic mass is 35.5. The molecule has 5 rings (SSSR count). The van der Waals surface area contributed by atoms with Gasteiger partial charge in [0.15, 0.2) is 0 Å². The molecular formula is C28H19Cl3N4O2. The molecule has 0 atom stereocenters. The molecule has 5 aromatic rings. The molecule has 0 bridgehead atoms. The fourth-order valence-corrected chi connectivity index (χ4v) is 4.21. The molecule has 1 aromatic heterocycles. The minimum absolute atomic E-state index is 0.233. The summed E-state index contributed by atoms with van der Waals surface area (Å²) in [6.45, 7) is 1.85. The first-order chi connectivity index (χ1) is 17.8. The van der Waals surface area contributed by atoms with Crippen LogP contribution in [-0.2, 0) is 0 Å². The van der Waals surface area contributed by atoms with Crippen molar-refractivity contribution in [3.63, 3.8) is 0 Å². The quantitative estimate of drug-likeness (QED) is 0.207. The Balaban J connectivity index is 1.35. The predicted octanol–water partition coefficient (Wildman–Crippen LogP) is 8.00. The molecule has 0 unspecified atom stereocenters. The lowest BCUT2D eigenvalue weighted by Gasteiger charge is -2.08. The number of imidazole rings is 1. The van der Waals surface area contributed by atoms with E-state index in [2.05, 4.69) is 20.6 Å². The number of nitrogens with one attached hydrogen (secondary N) is 3. The molecule has 0 spiro atoms. The van der Waals surface area contributed by atoms with Crippen LogP contribution >= 0.6 is 34.8 Å². The fraction of sp³-hybridized carbons (Fsp3) is 0.0357. The van der Waals surface area contributed by atoms with Crippen molar-refractivity contribution < 1.29 is 9.59 Å². The number of H-pyrrole nitrogens is 1. The molecule has 0 radical (unpaired) electrons. The largest absolute Gasteiger partial charge is 0.338 e. The van der Waals surface area contributed by atoms with Gasteiger partial charge in [-0.3, -0.25) is 9.59 Å². The molecule has 2 amide bonds. The van der Waals surface area contributed by atoms with Gasteiger partial charge in [-0.1, -0.05) is 46.9 Å². The molecule has 1 heterocycles. The zero-order chi connectivity index (χ0) is 26.1. The van der Waals surface area contributed by atoms with Crippen LogP contribution in [0.25, 0.3) is 22.4 Å². The van der Waals surface area contributed by atoms with Crippen molar-refractivity contribution in [2.75, 3.05) is 10.6 Å². The van der Waals surface area contributed by atoms with Crippen molar-refractivity contribution in [2.24, 2.45) is 0 Å². The highest BCUT2D eigenvalue weighted by Gasteiger charge is 2.12. The number of hydrogen-bond acceptors (Lipinski definition) is 3. The van der Waals surface area contributed by atoms with Gasteiger partial charge in [-0.2, -0.15) is 0 Å². The normalized spacial score (nSPS) is 10.9. The number of fused-ring (bicyclic) bond motifs is 1. The van der Waals surface area contributed by atoms with Crippen molar-refractivity contribution in [3.05, 3.63) is 111 Å². The third-order valence-electron chi connectivity index (χ3n) is 5.74. The van der Waals surface area contributed by atoms with E-state index in [1.165, 1.54) is 6.07 Å². The molecule has 0 aliphatic carbocycles. The van der Waals surface area contributed by atoms with E-state index in [0.717, 1.165) is 22.2 Å². The number of nitrogens with zero attached hydrogens (tertiary/aromatic N) is 1. The SMILES string of the molecule is Cc1cc(C(=O)Nc2cccc(-c3nc4ccc(NC(=O)c5ccc(Cl)c(Cl)c5)cc4[nH]3)c2)ccc1Cl. The maximum absolute atomic E-state index is 12.7. The van der Waals surface area contributed by atoms with E-state index in [0.29, 0.717) is 43.4 Å². The molecule has 0 saturated heterocycles. The van der Waals surface area contributed by atoms with Crippen molar-refractivity contribution in [2.45, 2.75) is 6.92 Å². The highest BCUT2D eigenvalue weighted by molar-refractivity contribution is 6.42. The monoisotopic (exact) mass is 548 g/mol. The molecular weight excluding hydrogens is 531 g/mol. The Morgan fingerprint density at radius 3 is 2.11 bits per heavy atom. The second-order valence-electron chi connectivity index (χ2n) is 8.40. The van der Waals surface area contributed by atoms with Crippen LogP contribution < -0.4 is 10.6 Å². The van der Waals surface area contributed by atoms with Crippen LogP contribution in [0.2, 0.25) is 15.1 Å². The van der Waals surface area contributed by atoms with Crippen molar-refractivity contribution in [3.8, 4) is 11.4 Å². The number of halogens is 3. The summed E-state index contributed by atoms with van der Waals surface area (Å²) in [4.78, 5) is 33.3. The van der Waals surface area contributed by atoms with E-state index in [9.17, 15) is 9.59 Å². The maximum Gasteiger partial charge on any atom is 0.255 e. The lowest BCUT2D eigenvalue weighted by molar-refractivity contribution is 0.101. The van der Waals surface area contributed by atoms with Crippen LogP contribution in [-0.4, -0.2) is 21.8 Å². The second-order valence-corrected chi connectivity index (χ2v) is 9.62. The summed E-state index contributed by atoms with van der Waals surface area (Å²) in [7, 11) is 0. The summed E-state index contributed by atoms with van der Waals surface area (Å²) in [5, 5.41) is 7.07. The highest BCUT2D eigenvalue weighted by Crippen LogP contribution is 2.27. The third kappa shape index (κ3) is 5.47. The van der Waals surface area contributed by atoms with Gasteiger partial charge >= 0.3 is 0 Å². The van der Waals surface area contributed by atoms with Crippen LogP contribution in [0, 0.1) is 6.92 Å². The topological polar surface area (TPSA) is 86.9 Å². The molecule has 0 saturated carbocycles. The van der Waals surface area contributed by atoms with Gasteiger partial charge < -0.3 is 15.6 Å². The zero-order valence-corrected chi connectivity index (χ0v) is 21.7. The van der Waals surface area contributed by atoms with E-state index in [1.807, 2.05) is 37.3 Å². The molecule has 3 N–H and O–H groups in total. The number of carbonyl (C=O) groups is 2. The average molecular weight is 550 g/mol. The standard InChI is InChI=1S/C28H19Cl3N4O2/c1-15-11-17(5-8-21(15)29)27(36)32-19-4-2-3-16(12-19)26-34-24-10-7-20(14-25(24)35-26)33-28(37)18-6-9-22(30)23(31)13-18/h2-14H,1H3,(H,32,36)(H,33,37)(H,34,35). The summed E-state index contributed by atoms with van der Waals surface area (Å²) < 4.78 is 0. The lowest BCUT2D eigenvalue weighted by Crippen LogP contribution is -2.12. The first kappa shape index (κ1) is 24.8. The van der Waals surface area contributed by atoms with Crippen molar-refractivity contribution in [1.29, 1.82) is 0 Å². The number of rotatable bonds is 5. The van der Waals surface area contributed by atoms with E-state index >= 15 is 0 Å². The number of benzene rings is 4. The Bertz CT molecular complexity index is 1680. The van der Waals surface area contributed by atoms with E-state index in [1.54, 1.807) is 42.5 Å². The third-order valence-corrected chi connectivity index (χ3v) is 6.90. The van der Waals surface area contributed by atoms with Gasteiger partial charge in [0, 0.05) is 33.1 Å². The Labute approximate surface area is 227 Å². The predicted molar refractivity (Wildman–Crippen MR) is 150 cm³/mol. The Morgan fingerprint density at radius 2 is 1.41 bits per heavy atom. The van der Waals surface area contributed by atoms with E-state index < -0.39 is 0 Å². The van der Waals surface area contributed by atoms with E-state index in [4.69, 9.17) is 34.8 Å². The fourth-order valence-electron chi connectivity index (χ4n) is 3.80. The number of carbonyl (C=O) groups excluding carboxylic acids is 2. The second kappa shape index (κ2) is 10.3. The van der Waals surface area contributed by atoms with Crippen LogP contribution in [0.4, 0.5) is 11.4 Å². The molecule has 9 heteroatoms. The molecule has 37 heavy (non-hydrogen) atoms. The number of hydrogen-bond donors (Lipinski definition) is 3. The van der Waals surface area contributed by atoms with Crippen LogP contribution in [0.1, 0.15) is 26.3 Å². The van der Waals surface area contributed by atoms with Gasteiger partial charge in [-0.05, 0) is 79.2 Å². The molecule has 0 aliphatic rings. The molecule has 4 aromatic carbocycles. The minimum atomic E-state index is -0.308. The smallest absolute Gasteiger partial charge is 0.255 e. The number of amides is 2. The van der Waals surface area contributed by atoms with Gasteiger partial charge in [0.2, 0.25) is 0 Å².